The second-order valence-electron chi connectivity index (χ2n) is 0.907. The van der Waals surface area contributed by atoms with E-state index < -0.39 is 14.6 Å². The van der Waals surface area contributed by atoms with Crippen molar-refractivity contribution in [3.05, 3.63) is 11.4 Å². The molecule has 0 bridgehead atoms. The molecule has 0 aliphatic heterocycles. The molecule has 0 aliphatic carbocycles. The Hall–Kier alpha value is -0.400. The minimum atomic E-state index is -4.40. The van der Waals surface area contributed by atoms with Crippen LogP contribution in [0.3, 0.4) is 0 Å². The highest BCUT2D eigenvalue weighted by Gasteiger charge is 2.13. The zero-order valence-electron chi connectivity index (χ0n) is 3.81. The molecule has 0 unspecified atom stereocenters. The van der Waals surface area contributed by atoms with Gasteiger partial charge in [-0.3, -0.25) is 4.85 Å². The van der Waals surface area contributed by atoms with Crippen LogP contribution in [0.5, 0.6) is 0 Å². The highest BCUT2D eigenvalue weighted by atomic mass is 31.2. The molecule has 2 N–H and O–H groups in total. The van der Waals surface area contributed by atoms with Gasteiger partial charge >= 0.3 is 14.6 Å². The van der Waals surface area contributed by atoms with Gasteiger partial charge in [-0.1, -0.05) is 0 Å². The van der Waals surface area contributed by atoms with Gasteiger partial charge in [0.1, 0.15) is 0 Å². The molecular formula is C2H4NO4P. The first kappa shape index (κ1) is 7.60. The number of hydrogen-bond acceptors (Lipinski definition) is 2. The van der Waals surface area contributed by atoms with Gasteiger partial charge in [0, 0.05) is 0 Å². The largest absolute Gasteiger partial charge is 0.475 e. The zero-order valence-corrected chi connectivity index (χ0v) is 4.71. The van der Waals surface area contributed by atoms with Crippen LogP contribution in [0.1, 0.15) is 0 Å². The van der Waals surface area contributed by atoms with Crippen LogP contribution < -0.4 is 0 Å². The molecule has 0 amide bonds. The average molecular weight is 137 g/mol. The SMILES string of the molecule is [C-]#[N+]COP(=O)(O)O. The molecular weight excluding hydrogens is 133 g/mol. The van der Waals surface area contributed by atoms with E-state index in [1.807, 2.05) is 0 Å². The van der Waals surface area contributed by atoms with Crippen molar-refractivity contribution in [2.45, 2.75) is 0 Å². The van der Waals surface area contributed by atoms with Crippen LogP contribution in [-0.4, -0.2) is 16.5 Å². The molecule has 6 heteroatoms. The van der Waals surface area contributed by atoms with E-state index in [2.05, 4.69) is 9.37 Å². The van der Waals surface area contributed by atoms with E-state index in [0.29, 0.717) is 0 Å². The van der Waals surface area contributed by atoms with Crippen LogP contribution in [0.15, 0.2) is 0 Å². The van der Waals surface area contributed by atoms with E-state index in [-0.39, 0.29) is 0 Å². The van der Waals surface area contributed by atoms with Crippen molar-refractivity contribution in [2.75, 3.05) is 6.73 Å². The molecule has 0 rings (SSSR count). The molecule has 5 nitrogen and oxygen atoms in total. The monoisotopic (exact) mass is 137 g/mol. The summed E-state index contributed by atoms with van der Waals surface area (Å²) in [5, 5.41) is 0. The van der Waals surface area contributed by atoms with E-state index in [1.54, 1.807) is 0 Å². The lowest BCUT2D eigenvalue weighted by Gasteiger charge is -1.94. The van der Waals surface area contributed by atoms with Crippen LogP contribution in [-0.2, 0) is 9.09 Å². The molecule has 8 heavy (non-hydrogen) atoms. The Morgan fingerprint density at radius 2 is 2.25 bits per heavy atom. The van der Waals surface area contributed by atoms with Gasteiger partial charge in [0.2, 0.25) is 0 Å². The van der Waals surface area contributed by atoms with Crippen LogP contribution in [0.4, 0.5) is 0 Å². The highest BCUT2D eigenvalue weighted by Crippen LogP contribution is 2.35. The second kappa shape index (κ2) is 2.80. The maximum atomic E-state index is 9.72. The smallest absolute Gasteiger partial charge is 0.302 e. The number of phosphoric acid groups is 1. The van der Waals surface area contributed by atoms with Crippen LogP contribution in [0.25, 0.3) is 4.85 Å². The van der Waals surface area contributed by atoms with E-state index in [9.17, 15) is 4.57 Å². The number of nitrogens with zero attached hydrogens (tertiary/aromatic N) is 1. The van der Waals surface area contributed by atoms with E-state index in [0.717, 1.165) is 0 Å². The second-order valence-corrected chi connectivity index (χ2v) is 2.15. The van der Waals surface area contributed by atoms with E-state index >= 15 is 0 Å². The molecule has 0 atom stereocenters. The topological polar surface area (TPSA) is 71.1 Å². The predicted molar refractivity (Wildman–Crippen MR) is 24.6 cm³/mol. The molecule has 0 heterocycles. The standard InChI is InChI=1S/C2H4NO4P/c1-3-2-7-8(4,5)6/h2H2,(H2,4,5,6). The molecule has 0 aromatic carbocycles. The fourth-order valence-electron chi connectivity index (χ4n) is 0.104. The van der Waals surface area contributed by atoms with Crippen molar-refractivity contribution in [3.63, 3.8) is 0 Å². The van der Waals surface area contributed by atoms with E-state index in [1.165, 1.54) is 0 Å². The lowest BCUT2D eigenvalue weighted by Crippen LogP contribution is -1.84. The van der Waals surface area contributed by atoms with Crippen LogP contribution >= 0.6 is 7.82 Å². The van der Waals surface area contributed by atoms with Gasteiger partial charge in [0.05, 0.1) is 0 Å². The molecule has 46 valence electrons. The number of phosphoric ester groups is 1. The van der Waals surface area contributed by atoms with Crippen molar-refractivity contribution in [3.8, 4) is 0 Å². The number of rotatable bonds is 2. The summed E-state index contributed by atoms with van der Waals surface area (Å²) in [4.78, 5) is 18.3. The molecule has 0 aromatic rings. The summed E-state index contributed by atoms with van der Waals surface area (Å²) in [7, 11) is -4.40. The van der Waals surface area contributed by atoms with Gasteiger partial charge in [0.25, 0.3) is 0 Å². The summed E-state index contributed by atoms with van der Waals surface area (Å²) in [5.41, 5.74) is 0. The first-order valence-electron chi connectivity index (χ1n) is 1.59. The van der Waals surface area contributed by atoms with Gasteiger partial charge in [-0.05, 0) is 0 Å². The minimum Gasteiger partial charge on any atom is -0.302 e. The minimum absolute atomic E-state index is 0.593. The third kappa shape index (κ3) is 5.60. The van der Waals surface area contributed by atoms with Crippen LogP contribution in [0, 0.1) is 6.57 Å². The Balaban J connectivity index is 3.45. The van der Waals surface area contributed by atoms with Crippen LogP contribution in [0.2, 0.25) is 0 Å². The maximum Gasteiger partial charge on any atom is 0.475 e. The Bertz CT molecular complexity index is 143. The van der Waals surface area contributed by atoms with Gasteiger partial charge < -0.3 is 9.79 Å². The lowest BCUT2D eigenvalue weighted by molar-refractivity contribution is 0.215. The Labute approximate surface area is 46.0 Å². The highest BCUT2D eigenvalue weighted by molar-refractivity contribution is 7.46. The summed E-state index contributed by atoms with van der Waals surface area (Å²) in [6.07, 6.45) is 0. The van der Waals surface area contributed by atoms with Crippen molar-refractivity contribution in [1.82, 2.24) is 0 Å². The molecule has 0 spiro atoms. The first-order chi connectivity index (χ1) is 3.56. The number of hydrogen-bond donors (Lipinski definition) is 2. The van der Waals surface area contributed by atoms with Crippen molar-refractivity contribution >= 4 is 7.82 Å². The summed E-state index contributed by atoms with van der Waals surface area (Å²) >= 11 is 0. The Morgan fingerprint density at radius 1 is 1.75 bits per heavy atom. The predicted octanol–water partition coefficient (Wildman–Crippen LogP) is -0.0275. The third-order valence-electron chi connectivity index (χ3n) is 0.290. The summed E-state index contributed by atoms with van der Waals surface area (Å²) in [6, 6.07) is 0. The molecule has 0 saturated heterocycles. The molecule has 0 aromatic heterocycles. The van der Waals surface area contributed by atoms with Crippen molar-refractivity contribution in [1.29, 1.82) is 0 Å². The maximum absolute atomic E-state index is 9.72. The van der Waals surface area contributed by atoms with Crippen molar-refractivity contribution in [2.24, 2.45) is 0 Å². The fraction of sp³-hybridized carbons (Fsp3) is 0.500. The lowest BCUT2D eigenvalue weighted by atomic mass is 11.3. The molecule has 0 radical (unpaired) electrons. The summed E-state index contributed by atoms with van der Waals surface area (Å²) in [5.74, 6) is 0. The Morgan fingerprint density at radius 3 is 2.38 bits per heavy atom. The quantitative estimate of drug-likeness (QED) is 0.414. The Kier molecular flexibility index (Phi) is 2.66. The normalized spacial score (nSPS) is 10.6. The molecule has 0 aliphatic rings. The average Bonchev–Trinajstić information content (AvgIpc) is 1.59. The molecule has 0 fully saturated rings. The van der Waals surface area contributed by atoms with Gasteiger partial charge in [-0.25, -0.2) is 15.7 Å². The zero-order chi connectivity index (χ0) is 6.62. The van der Waals surface area contributed by atoms with Gasteiger partial charge in [-0.2, -0.15) is 0 Å². The first-order valence-corrected chi connectivity index (χ1v) is 3.12. The van der Waals surface area contributed by atoms with E-state index in [4.69, 9.17) is 16.4 Å². The van der Waals surface area contributed by atoms with Gasteiger partial charge in [-0.15, -0.1) is 0 Å². The third-order valence-corrected chi connectivity index (χ3v) is 0.742. The fourth-order valence-corrected chi connectivity index (χ4v) is 0.312. The molecule has 0 saturated carbocycles. The summed E-state index contributed by atoms with van der Waals surface area (Å²) < 4.78 is 13.4. The van der Waals surface area contributed by atoms with Gasteiger partial charge in [0.15, 0.2) is 0 Å². The summed E-state index contributed by atoms with van der Waals surface area (Å²) in [6.45, 7) is 5.45. The van der Waals surface area contributed by atoms with Crippen molar-refractivity contribution < 1.29 is 18.9 Å².